The number of hydrogen-bond acceptors (Lipinski definition) is 3. The molecule has 0 unspecified atom stereocenters. The van der Waals surface area contributed by atoms with Gasteiger partial charge in [-0.25, -0.2) is 4.79 Å². The highest BCUT2D eigenvalue weighted by molar-refractivity contribution is 5.94. The number of carboxylic acid groups (broad SMARTS) is 1. The van der Waals surface area contributed by atoms with Crippen LogP contribution in [0.25, 0.3) is 10.9 Å². The van der Waals surface area contributed by atoms with Gasteiger partial charge in [0.15, 0.2) is 0 Å². The van der Waals surface area contributed by atoms with Crippen molar-refractivity contribution >= 4 is 29.0 Å². The van der Waals surface area contributed by atoms with Crippen molar-refractivity contribution in [2.24, 2.45) is 0 Å². The molecule has 96 valence electrons. The van der Waals surface area contributed by atoms with E-state index in [9.17, 15) is 9.59 Å². The van der Waals surface area contributed by atoms with Crippen LogP contribution in [0.1, 0.15) is 10.5 Å². The maximum Gasteiger partial charge on any atom is 0.352 e. The highest BCUT2D eigenvalue weighted by atomic mass is 16.4. The quantitative estimate of drug-likeness (QED) is 0.549. The average molecular weight is 249 g/mol. The number of aromatic amines is 1. The fourth-order valence-corrected chi connectivity index (χ4v) is 1.27. The lowest BCUT2D eigenvalue weighted by Gasteiger charge is -1.93. The molecule has 4 N–H and O–H groups in total. The molecule has 1 aromatic carbocycles. The number of nitrogens with two attached hydrogens (primary N) is 1. The number of fused-ring (bicyclic) bond motifs is 1. The molecule has 1 aromatic heterocycles. The SMILES string of the molecule is CN(C)C=O.Nc1ccc2[nH]c(C(=O)O)cc2c1. The van der Waals surface area contributed by atoms with Gasteiger partial charge in [-0.1, -0.05) is 0 Å². The normalized spacial score (nSPS) is 9.44. The number of carbonyl (C=O) groups excluding carboxylic acids is 1. The summed E-state index contributed by atoms with van der Waals surface area (Å²) < 4.78 is 0. The van der Waals surface area contributed by atoms with Crippen LogP contribution in [-0.2, 0) is 4.79 Å². The standard InChI is InChI=1S/C9H8N2O2.C3H7NO/c10-6-1-2-7-5(3-6)4-8(11-7)9(12)13;1-4(2)3-5/h1-4,11H,10H2,(H,12,13);3H,1-2H3. The lowest BCUT2D eigenvalue weighted by molar-refractivity contribution is -0.115. The molecule has 18 heavy (non-hydrogen) atoms. The largest absolute Gasteiger partial charge is 0.477 e. The van der Waals surface area contributed by atoms with Gasteiger partial charge in [-0.15, -0.1) is 0 Å². The average Bonchev–Trinajstić information content (AvgIpc) is 2.72. The molecule has 0 saturated heterocycles. The summed E-state index contributed by atoms with van der Waals surface area (Å²) >= 11 is 0. The number of aromatic carboxylic acids is 1. The zero-order valence-electron chi connectivity index (χ0n) is 10.2. The van der Waals surface area contributed by atoms with Crippen LogP contribution >= 0.6 is 0 Å². The van der Waals surface area contributed by atoms with Crippen molar-refractivity contribution in [3.05, 3.63) is 30.0 Å². The molecule has 1 amide bonds. The molecule has 2 aromatic rings. The fraction of sp³-hybridized carbons (Fsp3) is 0.167. The minimum atomic E-state index is -0.963. The van der Waals surface area contributed by atoms with Crippen molar-refractivity contribution < 1.29 is 14.7 Å². The molecular weight excluding hydrogens is 234 g/mol. The first-order valence-electron chi connectivity index (χ1n) is 5.17. The molecule has 0 aliphatic carbocycles. The molecular formula is C12H15N3O3. The van der Waals surface area contributed by atoms with Gasteiger partial charge in [0.05, 0.1) is 0 Å². The molecule has 0 spiro atoms. The predicted octanol–water partition coefficient (Wildman–Crippen LogP) is 1.15. The van der Waals surface area contributed by atoms with Crippen molar-refractivity contribution in [2.75, 3.05) is 19.8 Å². The van der Waals surface area contributed by atoms with Crippen molar-refractivity contribution in [1.82, 2.24) is 9.88 Å². The number of carboxylic acids is 1. The molecule has 6 heteroatoms. The van der Waals surface area contributed by atoms with E-state index in [1.54, 1.807) is 38.4 Å². The van der Waals surface area contributed by atoms with Gasteiger partial charge in [0.2, 0.25) is 6.41 Å². The molecule has 0 fully saturated rings. The van der Waals surface area contributed by atoms with E-state index in [1.807, 2.05) is 0 Å². The minimum absolute atomic E-state index is 0.181. The molecule has 6 nitrogen and oxygen atoms in total. The Bertz CT molecular complexity index is 561. The Labute approximate surface area is 104 Å². The summed E-state index contributed by atoms with van der Waals surface area (Å²) in [6.07, 6.45) is 0.750. The number of anilines is 1. The van der Waals surface area contributed by atoms with Gasteiger partial charge in [0.25, 0.3) is 0 Å². The van der Waals surface area contributed by atoms with Crippen LogP contribution in [0.2, 0.25) is 0 Å². The Morgan fingerprint density at radius 3 is 2.50 bits per heavy atom. The number of benzene rings is 1. The summed E-state index contributed by atoms with van der Waals surface area (Å²) in [5.74, 6) is -0.963. The lowest BCUT2D eigenvalue weighted by Crippen LogP contribution is -2.06. The molecule has 0 radical (unpaired) electrons. The first-order chi connectivity index (χ1) is 8.43. The number of nitrogens with zero attached hydrogens (tertiary/aromatic N) is 1. The van der Waals surface area contributed by atoms with E-state index in [0.717, 1.165) is 17.3 Å². The van der Waals surface area contributed by atoms with Crippen molar-refractivity contribution in [3.63, 3.8) is 0 Å². The van der Waals surface area contributed by atoms with Crippen LogP contribution < -0.4 is 5.73 Å². The second-order valence-electron chi connectivity index (χ2n) is 3.90. The molecule has 0 saturated carbocycles. The van der Waals surface area contributed by atoms with E-state index in [4.69, 9.17) is 10.8 Å². The van der Waals surface area contributed by atoms with E-state index >= 15 is 0 Å². The van der Waals surface area contributed by atoms with E-state index < -0.39 is 5.97 Å². The lowest BCUT2D eigenvalue weighted by atomic mass is 10.2. The Hall–Kier alpha value is -2.50. The smallest absolute Gasteiger partial charge is 0.352 e. The maximum absolute atomic E-state index is 10.6. The molecule has 0 atom stereocenters. The number of amides is 1. The van der Waals surface area contributed by atoms with Gasteiger partial charge in [-0.05, 0) is 24.3 Å². The highest BCUT2D eigenvalue weighted by Crippen LogP contribution is 2.18. The van der Waals surface area contributed by atoms with Crippen LogP contribution in [0.3, 0.4) is 0 Å². The predicted molar refractivity (Wildman–Crippen MR) is 69.4 cm³/mol. The number of nitrogen functional groups attached to an aromatic ring is 1. The van der Waals surface area contributed by atoms with Gasteiger partial charge in [-0.2, -0.15) is 0 Å². The maximum atomic E-state index is 10.6. The van der Waals surface area contributed by atoms with Gasteiger partial charge in [0.1, 0.15) is 5.69 Å². The van der Waals surface area contributed by atoms with Crippen LogP contribution in [-0.4, -0.2) is 41.5 Å². The molecule has 0 aliphatic rings. The Balaban J connectivity index is 0.000000280. The minimum Gasteiger partial charge on any atom is -0.477 e. The summed E-state index contributed by atoms with van der Waals surface area (Å²) in [6, 6.07) is 6.79. The van der Waals surface area contributed by atoms with Gasteiger partial charge < -0.3 is 20.7 Å². The zero-order valence-corrected chi connectivity index (χ0v) is 10.2. The van der Waals surface area contributed by atoms with Gasteiger partial charge in [-0.3, -0.25) is 4.79 Å². The Morgan fingerprint density at radius 2 is 2.00 bits per heavy atom. The van der Waals surface area contributed by atoms with Crippen LogP contribution in [0.15, 0.2) is 24.3 Å². The number of aromatic nitrogens is 1. The summed E-state index contributed by atoms with van der Waals surface area (Å²) in [6.45, 7) is 0. The van der Waals surface area contributed by atoms with Crippen LogP contribution in [0, 0.1) is 0 Å². The third-order valence-electron chi connectivity index (χ3n) is 2.09. The third-order valence-corrected chi connectivity index (χ3v) is 2.09. The second-order valence-corrected chi connectivity index (χ2v) is 3.90. The van der Waals surface area contributed by atoms with E-state index in [2.05, 4.69) is 4.98 Å². The number of hydrogen-bond donors (Lipinski definition) is 3. The summed E-state index contributed by atoms with van der Waals surface area (Å²) in [5.41, 5.74) is 7.14. The van der Waals surface area contributed by atoms with Gasteiger partial charge in [0, 0.05) is 30.7 Å². The molecule has 0 aliphatic heterocycles. The molecule has 0 bridgehead atoms. The zero-order chi connectivity index (χ0) is 13.7. The molecule has 2 rings (SSSR count). The molecule has 1 heterocycles. The fourth-order valence-electron chi connectivity index (χ4n) is 1.27. The number of nitrogens with one attached hydrogen (secondary N) is 1. The van der Waals surface area contributed by atoms with Crippen molar-refractivity contribution in [3.8, 4) is 0 Å². The van der Waals surface area contributed by atoms with Crippen LogP contribution in [0.4, 0.5) is 5.69 Å². The van der Waals surface area contributed by atoms with Crippen molar-refractivity contribution in [2.45, 2.75) is 0 Å². The monoisotopic (exact) mass is 249 g/mol. The van der Waals surface area contributed by atoms with Gasteiger partial charge >= 0.3 is 5.97 Å². The second kappa shape index (κ2) is 5.72. The van der Waals surface area contributed by atoms with E-state index in [1.165, 1.54) is 4.90 Å². The summed E-state index contributed by atoms with van der Waals surface area (Å²) in [4.78, 5) is 24.2. The number of H-pyrrole nitrogens is 1. The highest BCUT2D eigenvalue weighted by Gasteiger charge is 2.06. The number of rotatable bonds is 2. The van der Waals surface area contributed by atoms with Crippen LogP contribution in [0.5, 0.6) is 0 Å². The summed E-state index contributed by atoms with van der Waals surface area (Å²) in [7, 11) is 3.38. The Morgan fingerprint density at radius 1 is 1.39 bits per heavy atom. The van der Waals surface area contributed by atoms with E-state index in [-0.39, 0.29) is 5.69 Å². The first kappa shape index (κ1) is 13.6. The summed E-state index contributed by atoms with van der Waals surface area (Å²) in [5, 5.41) is 9.51. The third kappa shape index (κ3) is 3.51. The van der Waals surface area contributed by atoms with E-state index in [0.29, 0.717) is 5.69 Å². The topological polar surface area (TPSA) is 99.4 Å². The van der Waals surface area contributed by atoms with Crippen molar-refractivity contribution in [1.29, 1.82) is 0 Å². The first-order valence-corrected chi connectivity index (χ1v) is 5.17. The Kier molecular flexibility index (Phi) is 4.31. The number of carbonyl (C=O) groups is 2.